The molecular weight excluding hydrogens is 300 g/mol. The van der Waals surface area contributed by atoms with Gasteiger partial charge < -0.3 is 9.30 Å². The molecule has 0 spiro atoms. The van der Waals surface area contributed by atoms with E-state index in [4.69, 9.17) is 4.74 Å². The highest BCUT2D eigenvalue weighted by atomic mass is 16.5. The van der Waals surface area contributed by atoms with Crippen molar-refractivity contribution in [3.05, 3.63) is 65.5 Å². The van der Waals surface area contributed by atoms with Gasteiger partial charge in [-0.25, -0.2) is 9.78 Å². The molecule has 1 aromatic carbocycles. The molecule has 0 aliphatic rings. The van der Waals surface area contributed by atoms with Crippen molar-refractivity contribution in [1.82, 2.24) is 9.55 Å². The Morgan fingerprint density at radius 2 is 1.92 bits per heavy atom. The van der Waals surface area contributed by atoms with Gasteiger partial charge in [-0.1, -0.05) is 37.3 Å². The smallest absolute Gasteiger partial charge is 0.340 e. The lowest BCUT2D eigenvalue weighted by Crippen LogP contribution is -2.13. The van der Waals surface area contributed by atoms with E-state index in [1.807, 2.05) is 37.3 Å². The maximum absolute atomic E-state index is 12.5. The summed E-state index contributed by atoms with van der Waals surface area (Å²) in [6.45, 7) is 6.39. The molecular formula is C20H22N2O2. The Labute approximate surface area is 142 Å². The SMILES string of the molecule is CCOC(=O)c1c(CC)n([C@@H](C)c2ccccc2)c2ncccc12. The van der Waals surface area contributed by atoms with Crippen LogP contribution >= 0.6 is 0 Å². The highest BCUT2D eigenvalue weighted by molar-refractivity contribution is 6.05. The van der Waals surface area contributed by atoms with Crippen molar-refractivity contribution in [3.8, 4) is 0 Å². The quantitative estimate of drug-likeness (QED) is 0.655. The molecule has 0 saturated heterocycles. The standard InChI is InChI=1S/C20H22N2O2/c1-4-17-18(20(23)24-5-2)16-12-9-13-21-19(16)22(17)14(3)15-10-7-6-8-11-15/h6-14H,4-5H2,1-3H3/t14-/m0/s1. The van der Waals surface area contributed by atoms with Gasteiger partial charge in [0.15, 0.2) is 0 Å². The summed E-state index contributed by atoms with van der Waals surface area (Å²) in [7, 11) is 0. The van der Waals surface area contributed by atoms with Crippen LogP contribution in [0.2, 0.25) is 0 Å². The normalized spacial score (nSPS) is 12.3. The Morgan fingerprint density at radius 3 is 2.58 bits per heavy atom. The van der Waals surface area contributed by atoms with Gasteiger partial charge in [-0.3, -0.25) is 0 Å². The molecule has 0 aliphatic carbocycles. The molecule has 2 heterocycles. The molecule has 0 N–H and O–H groups in total. The van der Waals surface area contributed by atoms with Gasteiger partial charge in [0, 0.05) is 17.3 Å². The molecule has 0 aliphatic heterocycles. The minimum atomic E-state index is -0.272. The number of carbonyl (C=O) groups excluding carboxylic acids is 1. The lowest BCUT2D eigenvalue weighted by Gasteiger charge is -2.18. The Balaban J connectivity index is 2.26. The van der Waals surface area contributed by atoms with Crippen LogP contribution in [0.15, 0.2) is 48.7 Å². The van der Waals surface area contributed by atoms with Gasteiger partial charge in [-0.05, 0) is 38.0 Å². The summed E-state index contributed by atoms with van der Waals surface area (Å²) in [5.74, 6) is -0.272. The van der Waals surface area contributed by atoms with Crippen molar-refractivity contribution in [2.45, 2.75) is 33.2 Å². The van der Waals surface area contributed by atoms with Gasteiger partial charge in [0.2, 0.25) is 0 Å². The molecule has 124 valence electrons. The summed E-state index contributed by atoms with van der Waals surface area (Å²) < 4.78 is 7.46. The summed E-state index contributed by atoms with van der Waals surface area (Å²) in [5.41, 5.74) is 3.63. The second-order valence-corrected chi connectivity index (χ2v) is 5.73. The van der Waals surface area contributed by atoms with Gasteiger partial charge in [0.25, 0.3) is 0 Å². The van der Waals surface area contributed by atoms with E-state index in [2.05, 4.69) is 35.5 Å². The molecule has 0 unspecified atom stereocenters. The third-order valence-corrected chi connectivity index (χ3v) is 4.35. The van der Waals surface area contributed by atoms with E-state index < -0.39 is 0 Å². The topological polar surface area (TPSA) is 44.1 Å². The maximum Gasteiger partial charge on any atom is 0.340 e. The Kier molecular flexibility index (Phi) is 4.65. The summed E-state index contributed by atoms with van der Waals surface area (Å²) in [5, 5.41) is 0.857. The van der Waals surface area contributed by atoms with Crippen molar-refractivity contribution < 1.29 is 9.53 Å². The van der Waals surface area contributed by atoms with Crippen molar-refractivity contribution >= 4 is 17.0 Å². The zero-order valence-corrected chi connectivity index (χ0v) is 14.3. The molecule has 4 nitrogen and oxygen atoms in total. The number of nitrogens with zero attached hydrogens (tertiary/aromatic N) is 2. The van der Waals surface area contributed by atoms with E-state index in [0.717, 1.165) is 23.1 Å². The first-order chi connectivity index (χ1) is 11.7. The fourth-order valence-corrected chi connectivity index (χ4v) is 3.26. The molecule has 3 aromatic rings. The number of aromatic nitrogens is 2. The number of carbonyl (C=O) groups is 1. The molecule has 3 rings (SSSR count). The highest BCUT2D eigenvalue weighted by Gasteiger charge is 2.25. The van der Waals surface area contributed by atoms with Gasteiger partial charge in [0.05, 0.1) is 18.2 Å². The molecule has 24 heavy (non-hydrogen) atoms. The van der Waals surface area contributed by atoms with Crippen LogP contribution < -0.4 is 0 Å². The van der Waals surface area contributed by atoms with Crippen molar-refractivity contribution in [2.75, 3.05) is 6.61 Å². The first kappa shape index (κ1) is 16.2. The monoisotopic (exact) mass is 322 g/mol. The number of benzene rings is 1. The number of fused-ring (bicyclic) bond motifs is 1. The second-order valence-electron chi connectivity index (χ2n) is 5.73. The largest absolute Gasteiger partial charge is 0.462 e. The van der Waals surface area contributed by atoms with Crippen LogP contribution in [0.3, 0.4) is 0 Å². The minimum Gasteiger partial charge on any atom is -0.462 e. The zero-order valence-electron chi connectivity index (χ0n) is 14.3. The van der Waals surface area contributed by atoms with Crippen LogP contribution in [-0.2, 0) is 11.2 Å². The Morgan fingerprint density at radius 1 is 1.17 bits per heavy atom. The average molecular weight is 322 g/mol. The van der Waals surface area contributed by atoms with Gasteiger partial charge in [-0.2, -0.15) is 0 Å². The summed E-state index contributed by atoms with van der Waals surface area (Å²) in [6, 6.07) is 14.2. The van der Waals surface area contributed by atoms with Gasteiger partial charge in [-0.15, -0.1) is 0 Å². The number of ether oxygens (including phenoxy) is 1. The fourth-order valence-electron chi connectivity index (χ4n) is 3.26. The van der Waals surface area contributed by atoms with Crippen LogP contribution in [0, 0.1) is 0 Å². The van der Waals surface area contributed by atoms with E-state index in [9.17, 15) is 4.79 Å². The summed E-state index contributed by atoms with van der Waals surface area (Å²) in [4.78, 5) is 17.1. The number of pyridine rings is 1. The van der Waals surface area contributed by atoms with Crippen LogP contribution in [0.5, 0.6) is 0 Å². The molecule has 0 radical (unpaired) electrons. The number of rotatable bonds is 5. The average Bonchev–Trinajstić information content (AvgIpc) is 2.96. The lowest BCUT2D eigenvalue weighted by molar-refractivity contribution is 0.0527. The van der Waals surface area contributed by atoms with E-state index in [-0.39, 0.29) is 12.0 Å². The van der Waals surface area contributed by atoms with Crippen LogP contribution in [-0.4, -0.2) is 22.1 Å². The molecule has 1 atom stereocenters. The fraction of sp³-hybridized carbons (Fsp3) is 0.300. The second kappa shape index (κ2) is 6.87. The van der Waals surface area contributed by atoms with E-state index >= 15 is 0 Å². The van der Waals surface area contributed by atoms with Gasteiger partial charge >= 0.3 is 5.97 Å². The first-order valence-corrected chi connectivity index (χ1v) is 8.38. The van der Waals surface area contributed by atoms with Crippen molar-refractivity contribution in [1.29, 1.82) is 0 Å². The molecule has 0 fully saturated rings. The third kappa shape index (κ3) is 2.68. The zero-order chi connectivity index (χ0) is 17.1. The summed E-state index contributed by atoms with van der Waals surface area (Å²) >= 11 is 0. The molecule has 0 amide bonds. The summed E-state index contributed by atoms with van der Waals surface area (Å²) in [6.07, 6.45) is 2.51. The maximum atomic E-state index is 12.5. The molecule has 0 bridgehead atoms. The molecule has 0 saturated carbocycles. The van der Waals surface area contributed by atoms with Gasteiger partial charge in [0.1, 0.15) is 5.65 Å². The van der Waals surface area contributed by atoms with E-state index in [1.54, 1.807) is 6.20 Å². The van der Waals surface area contributed by atoms with Crippen LogP contribution in [0.1, 0.15) is 48.4 Å². The predicted octanol–water partition coefficient (Wildman–Crippen LogP) is 4.38. The number of esters is 1. The molecule has 2 aromatic heterocycles. The van der Waals surface area contributed by atoms with Crippen molar-refractivity contribution in [2.24, 2.45) is 0 Å². The van der Waals surface area contributed by atoms with E-state index in [1.165, 1.54) is 5.56 Å². The predicted molar refractivity (Wildman–Crippen MR) is 95.3 cm³/mol. The van der Waals surface area contributed by atoms with E-state index in [0.29, 0.717) is 12.2 Å². The molecule has 4 heteroatoms. The third-order valence-electron chi connectivity index (χ3n) is 4.35. The number of hydrogen-bond acceptors (Lipinski definition) is 3. The minimum absolute atomic E-state index is 0.0849. The Hall–Kier alpha value is -2.62. The number of hydrogen-bond donors (Lipinski definition) is 0. The lowest BCUT2D eigenvalue weighted by atomic mass is 10.1. The highest BCUT2D eigenvalue weighted by Crippen LogP contribution is 2.31. The van der Waals surface area contributed by atoms with Crippen LogP contribution in [0.4, 0.5) is 0 Å². The first-order valence-electron chi connectivity index (χ1n) is 8.38. The van der Waals surface area contributed by atoms with Crippen molar-refractivity contribution in [3.63, 3.8) is 0 Å². The Bertz CT molecular complexity index is 853. The van der Waals surface area contributed by atoms with Crippen LogP contribution in [0.25, 0.3) is 11.0 Å².